The number of nitrogens with zero attached hydrogens (tertiary/aromatic N) is 2. The molecule has 6 heteroatoms. The lowest BCUT2D eigenvalue weighted by molar-refractivity contribution is 0.623. The number of aromatic nitrogens is 1. The first-order valence-electron chi connectivity index (χ1n) is 5.64. The monoisotopic (exact) mass is 276 g/mol. The maximum Gasteiger partial charge on any atom is 0.161 e. The molecule has 0 saturated carbocycles. The van der Waals surface area contributed by atoms with Crippen LogP contribution in [0.2, 0.25) is 10.0 Å². The van der Waals surface area contributed by atoms with E-state index in [-0.39, 0.29) is 0 Å². The summed E-state index contributed by atoms with van der Waals surface area (Å²) in [6, 6.07) is 2.02. The van der Waals surface area contributed by atoms with Crippen molar-refractivity contribution in [3.8, 4) is 0 Å². The molecule has 96 valence electrons. The third-order valence-electron chi connectivity index (χ3n) is 2.78. The second-order valence-electron chi connectivity index (χ2n) is 3.81. The van der Waals surface area contributed by atoms with Crippen LogP contribution in [0.25, 0.3) is 0 Å². The van der Waals surface area contributed by atoms with Gasteiger partial charge in [0.25, 0.3) is 0 Å². The molecule has 0 aliphatic heterocycles. The van der Waals surface area contributed by atoms with E-state index in [2.05, 4.69) is 36.1 Å². The molecule has 0 fully saturated rings. The highest BCUT2D eigenvalue weighted by Crippen LogP contribution is 2.32. The molecule has 4 nitrogen and oxygen atoms in total. The van der Waals surface area contributed by atoms with Crippen LogP contribution >= 0.6 is 23.2 Å². The summed E-state index contributed by atoms with van der Waals surface area (Å²) in [5.41, 5.74) is 2.47. The van der Waals surface area contributed by atoms with E-state index in [9.17, 15) is 0 Å². The first-order chi connectivity index (χ1) is 8.04. The van der Waals surface area contributed by atoms with E-state index >= 15 is 0 Å². The molecule has 0 spiro atoms. The van der Waals surface area contributed by atoms with Crippen molar-refractivity contribution < 1.29 is 0 Å². The van der Waals surface area contributed by atoms with Gasteiger partial charge in [0.2, 0.25) is 0 Å². The lowest BCUT2D eigenvalue weighted by Gasteiger charge is -2.29. The van der Waals surface area contributed by atoms with Crippen LogP contribution in [-0.4, -0.2) is 17.6 Å². The van der Waals surface area contributed by atoms with Crippen LogP contribution in [0.5, 0.6) is 0 Å². The van der Waals surface area contributed by atoms with Crippen molar-refractivity contribution in [3.05, 3.63) is 16.1 Å². The van der Waals surface area contributed by atoms with Crippen molar-refractivity contribution in [2.24, 2.45) is 5.84 Å². The van der Waals surface area contributed by atoms with Crippen molar-refractivity contribution >= 4 is 34.8 Å². The number of rotatable bonds is 5. The van der Waals surface area contributed by atoms with Crippen molar-refractivity contribution in [3.63, 3.8) is 0 Å². The Bertz CT molecular complexity index is 384. The molecule has 0 saturated heterocycles. The molecule has 0 bridgehead atoms. The maximum atomic E-state index is 6.18. The molecule has 1 aromatic rings. The third-order valence-corrected chi connectivity index (χ3v) is 3.35. The normalized spacial score (nSPS) is 12.4. The van der Waals surface area contributed by atoms with Gasteiger partial charge in [-0.15, -0.1) is 0 Å². The van der Waals surface area contributed by atoms with Gasteiger partial charge >= 0.3 is 0 Å². The van der Waals surface area contributed by atoms with Gasteiger partial charge in [0.05, 0.1) is 10.0 Å². The molecule has 1 aromatic heterocycles. The zero-order valence-corrected chi connectivity index (χ0v) is 11.8. The van der Waals surface area contributed by atoms with Gasteiger partial charge in [0.15, 0.2) is 5.82 Å². The minimum atomic E-state index is 0.358. The average molecular weight is 277 g/mol. The summed E-state index contributed by atoms with van der Waals surface area (Å²) in [6.45, 7) is 7.15. The summed E-state index contributed by atoms with van der Waals surface area (Å²) in [4.78, 5) is 6.48. The SMILES string of the molecule is CCC(C)N(CC)c1nc(NN)c(Cl)cc1Cl. The molecule has 17 heavy (non-hydrogen) atoms. The van der Waals surface area contributed by atoms with Gasteiger partial charge in [0.1, 0.15) is 5.82 Å². The van der Waals surface area contributed by atoms with Crippen LogP contribution < -0.4 is 16.2 Å². The number of nitrogen functional groups attached to an aromatic ring is 1. The summed E-state index contributed by atoms with van der Waals surface area (Å²) in [7, 11) is 0. The van der Waals surface area contributed by atoms with E-state index in [4.69, 9.17) is 29.0 Å². The van der Waals surface area contributed by atoms with Crippen LogP contribution in [-0.2, 0) is 0 Å². The van der Waals surface area contributed by atoms with Gasteiger partial charge < -0.3 is 10.3 Å². The van der Waals surface area contributed by atoms with Crippen LogP contribution in [0.15, 0.2) is 6.07 Å². The Morgan fingerprint density at radius 1 is 1.41 bits per heavy atom. The summed E-state index contributed by atoms with van der Waals surface area (Å²) in [6.07, 6.45) is 1.01. The topological polar surface area (TPSA) is 54.2 Å². The smallest absolute Gasteiger partial charge is 0.161 e. The minimum absolute atomic E-state index is 0.358. The number of pyridine rings is 1. The Hall–Kier alpha value is -0.710. The van der Waals surface area contributed by atoms with Crippen LogP contribution in [0.4, 0.5) is 11.6 Å². The maximum absolute atomic E-state index is 6.18. The standard InChI is InChI=1S/C11H18Cl2N4/c1-4-7(3)17(5-2)11-9(13)6-8(12)10(15-11)16-14/h6-7H,4-5,14H2,1-3H3,(H,15,16). The van der Waals surface area contributed by atoms with Crippen LogP contribution in [0.3, 0.4) is 0 Å². The number of nitrogens with two attached hydrogens (primary N) is 1. The zero-order valence-electron chi connectivity index (χ0n) is 10.3. The largest absolute Gasteiger partial charge is 0.353 e. The number of anilines is 2. The number of hydrogen-bond acceptors (Lipinski definition) is 4. The molecule has 1 heterocycles. The van der Waals surface area contributed by atoms with Gasteiger partial charge in [-0.3, -0.25) is 0 Å². The first kappa shape index (κ1) is 14.4. The van der Waals surface area contributed by atoms with Crippen LogP contribution in [0, 0.1) is 0 Å². The summed E-state index contributed by atoms with van der Waals surface area (Å²) >= 11 is 12.1. The quantitative estimate of drug-likeness (QED) is 0.640. The molecule has 0 aliphatic rings. The Morgan fingerprint density at radius 3 is 2.53 bits per heavy atom. The van der Waals surface area contributed by atoms with Gasteiger partial charge in [-0.25, -0.2) is 10.8 Å². The molecule has 0 aliphatic carbocycles. The highest BCUT2D eigenvalue weighted by atomic mass is 35.5. The molecule has 1 atom stereocenters. The Labute approximate surface area is 112 Å². The molecule has 3 N–H and O–H groups in total. The third kappa shape index (κ3) is 3.15. The fourth-order valence-electron chi connectivity index (χ4n) is 1.65. The van der Waals surface area contributed by atoms with Crippen LogP contribution in [0.1, 0.15) is 27.2 Å². The number of nitrogens with one attached hydrogen (secondary N) is 1. The van der Waals surface area contributed by atoms with Gasteiger partial charge in [-0.1, -0.05) is 30.1 Å². The molecular weight excluding hydrogens is 259 g/mol. The molecular formula is C11H18Cl2N4. The second kappa shape index (κ2) is 6.28. The fraction of sp³-hybridized carbons (Fsp3) is 0.545. The van der Waals surface area contributed by atoms with E-state index in [0.29, 0.717) is 27.7 Å². The average Bonchev–Trinajstić information content (AvgIpc) is 2.32. The van der Waals surface area contributed by atoms with Gasteiger partial charge in [-0.05, 0) is 26.3 Å². The predicted molar refractivity (Wildman–Crippen MR) is 74.8 cm³/mol. The van der Waals surface area contributed by atoms with Crippen molar-refractivity contribution in [2.45, 2.75) is 33.2 Å². The van der Waals surface area contributed by atoms with E-state index in [0.717, 1.165) is 13.0 Å². The number of hydrazine groups is 1. The molecule has 1 rings (SSSR count). The van der Waals surface area contributed by atoms with E-state index in [1.807, 2.05) is 0 Å². The van der Waals surface area contributed by atoms with Gasteiger partial charge in [0, 0.05) is 12.6 Å². The van der Waals surface area contributed by atoms with Gasteiger partial charge in [-0.2, -0.15) is 0 Å². The fourth-order valence-corrected chi connectivity index (χ4v) is 2.17. The lowest BCUT2D eigenvalue weighted by Crippen LogP contribution is -2.33. The predicted octanol–water partition coefficient (Wildman–Crippen LogP) is 3.30. The molecule has 0 aromatic carbocycles. The summed E-state index contributed by atoms with van der Waals surface area (Å²) < 4.78 is 0. The Morgan fingerprint density at radius 2 is 2.06 bits per heavy atom. The number of hydrogen-bond donors (Lipinski definition) is 2. The summed E-state index contributed by atoms with van der Waals surface area (Å²) in [5.74, 6) is 6.51. The Balaban J connectivity index is 3.19. The highest BCUT2D eigenvalue weighted by molar-refractivity contribution is 6.37. The minimum Gasteiger partial charge on any atom is -0.353 e. The van der Waals surface area contributed by atoms with Crippen molar-refractivity contribution in [1.29, 1.82) is 0 Å². The van der Waals surface area contributed by atoms with E-state index < -0.39 is 0 Å². The van der Waals surface area contributed by atoms with E-state index in [1.54, 1.807) is 6.07 Å². The highest BCUT2D eigenvalue weighted by Gasteiger charge is 2.17. The summed E-state index contributed by atoms with van der Waals surface area (Å²) in [5, 5.41) is 0.956. The number of halogens is 2. The molecule has 0 radical (unpaired) electrons. The molecule has 1 unspecified atom stereocenters. The second-order valence-corrected chi connectivity index (χ2v) is 4.63. The molecule has 0 amide bonds. The zero-order chi connectivity index (χ0) is 13.0. The van der Waals surface area contributed by atoms with Crippen molar-refractivity contribution in [1.82, 2.24) is 4.98 Å². The first-order valence-corrected chi connectivity index (χ1v) is 6.39. The Kier molecular flexibility index (Phi) is 5.31. The lowest BCUT2D eigenvalue weighted by atomic mass is 10.2. The van der Waals surface area contributed by atoms with Crippen molar-refractivity contribution in [2.75, 3.05) is 16.9 Å². The van der Waals surface area contributed by atoms with E-state index in [1.165, 1.54) is 0 Å².